The number of hydrogen-bond donors (Lipinski definition) is 0. The molecule has 0 atom stereocenters. The van der Waals surface area contributed by atoms with Crippen molar-refractivity contribution in [2.75, 3.05) is 0 Å². The van der Waals surface area contributed by atoms with E-state index < -0.39 is 0 Å². The summed E-state index contributed by atoms with van der Waals surface area (Å²) in [5.74, 6) is 0. The monoisotopic (exact) mass is 298 g/mol. The van der Waals surface area contributed by atoms with Gasteiger partial charge in [-0.3, -0.25) is 0 Å². The second kappa shape index (κ2) is 5.44. The summed E-state index contributed by atoms with van der Waals surface area (Å²) in [6.45, 7) is 3.20. The molecule has 0 aliphatic heterocycles. The van der Waals surface area contributed by atoms with Crippen LogP contribution < -0.4 is 0 Å². The van der Waals surface area contributed by atoms with E-state index in [1.165, 1.54) is 21.8 Å². The zero-order chi connectivity index (χ0) is 15.8. The quantitative estimate of drug-likeness (QED) is 0.482. The fourth-order valence-electron chi connectivity index (χ4n) is 3.56. The zero-order valence-electron chi connectivity index (χ0n) is 13.2. The summed E-state index contributed by atoms with van der Waals surface area (Å²) in [7, 11) is 0. The van der Waals surface area contributed by atoms with Crippen LogP contribution in [-0.4, -0.2) is 4.57 Å². The van der Waals surface area contributed by atoms with Crippen molar-refractivity contribution in [1.82, 2.24) is 4.57 Å². The molecule has 0 saturated heterocycles. The summed E-state index contributed by atoms with van der Waals surface area (Å²) in [6.07, 6.45) is 2.29. The van der Waals surface area contributed by atoms with E-state index in [0.29, 0.717) is 0 Å². The Hall–Kier alpha value is -2.79. The van der Waals surface area contributed by atoms with E-state index in [1.807, 2.05) is 12.1 Å². The Bertz CT molecular complexity index is 1060. The third-order valence-electron chi connectivity index (χ3n) is 4.61. The van der Waals surface area contributed by atoms with E-state index in [-0.39, 0.29) is 0 Å². The van der Waals surface area contributed by atoms with Crippen molar-refractivity contribution in [3.8, 4) is 6.07 Å². The Morgan fingerprint density at radius 1 is 1.00 bits per heavy atom. The van der Waals surface area contributed by atoms with E-state index in [9.17, 15) is 5.26 Å². The van der Waals surface area contributed by atoms with E-state index in [1.54, 1.807) is 0 Å². The minimum Gasteiger partial charge on any atom is -0.340 e. The van der Waals surface area contributed by atoms with Gasteiger partial charge in [0, 0.05) is 28.2 Å². The van der Waals surface area contributed by atoms with Gasteiger partial charge in [0.1, 0.15) is 0 Å². The SMILES string of the molecule is CCCCn1c2ccccc2c2c(C#N)cc3ccccc3c21. The van der Waals surface area contributed by atoms with Crippen molar-refractivity contribution in [2.24, 2.45) is 0 Å². The summed E-state index contributed by atoms with van der Waals surface area (Å²) < 4.78 is 2.40. The zero-order valence-corrected chi connectivity index (χ0v) is 13.2. The summed E-state index contributed by atoms with van der Waals surface area (Å²) in [6, 6.07) is 21.3. The minimum absolute atomic E-state index is 0.769. The molecule has 23 heavy (non-hydrogen) atoms. The largest absolute Gasteiger partial charge is 0.340 e. The maximum atomic E-state index is 9.68. The van der Waals surface area contributed by atoms with Gasteiger partial charge in [-0.15, -0.1) is 0 Å². The molecule has 0 bridgehead atoms. The lowest BCUT2D eigenvalue weighted by Crippen LogP contribution is -1.97. The molecule has 0 amide bonds. The summed E-state index contributed by atoms with van der Waals surface area (Å²) in [5, 5.41) is 14.3. The maximum absolute atomic E-state index is 9.68. The lowest BCUT2D eigenvalue weighted by molar-refractivity contribution is 0.666. The Kier molecular flexibility index (Phi) is 3.28. The van der Waals surface area contributed by atoms with Crippen LogP contribution in [0.2, 0.25) is 0 Å². The molecule has 0 saturated carbocycles. The molecule has 4 rings (SSSR count). The van der Waals surface area contributed by atoms with Crippen molar-refractivity contribution in [3.05, 3.63) is 60.2 Å². The van der Waals surface area contributed by atoms with Gasteiger partial charge in [0.25, 0.3) is 0 Å². The first-order valence-corrected chi connectivity index (χ1v) is 8.18. The van der Waals surface area contributed by atoms with E-state index in [4.69, 9.17) is 0 Å². The first kappa shape index (κ1) is 13.8. The lowest BCUT2D eigenvalue weighted by Gasteiger charge is -2.09. The first-order valence-electron chi connectivity index (χ1n) is 8.18. The van der Waals surface area contributed by atoms with Crippen LogP contribution in [0.25, 0.3) is 32.6 Å². The van der Waals surface area contributed by atoms with Crippen LogP contribution in [0.4, 0.5) is 0 Å². The van der Waals surface area contributed by atoms with Crippen molar-refractivity contribution >= 4 is 32.6 Å². The average Bonchev–Trinajstić information content (AvgIpc) is 2.94. The molecule has 0 aliphatic carbocycles. The van der Waals surface area contributed by atoms with Gasteiger partial charge in [-0.25, -0.2) is 0 Å². The van der Waals surface area contributed by atoms with Crippen LogP contribution in [0, 0.1) is 11.3 Å². The van der Waals surface area contributed by atoms with Gasteiger partial charge in [0.2, 0.25) is 0 Å². The normalized spacial score (nSPS) is 11.3. The molecule has 0 fully saturated rings. The standard InChI is InChI=1S/C21H18N2/c1-2-3-12-23-19-11-7-6-10-18(19)20-16(14-22)13-15-8-4-5-9-17(15)21(20)23/h4-11,13H,2-3,12H2,1H3. The van der Waals surface area contributed by atoms with Gasteiger partial charge >= 0.3 is 0 Å². The van der Waals surface area contributed by atoms with Crippen molar-refractivity contribution in [3.63, 3.8) is 0 Å². The number of nitriles is 1. The number of nitrogens with zero attached hydrogens (tertiary/aromatic N) is 2. The van der Waals surface area contributed by atoms with Gasteiger partial charge in [-0.05, 0) is 23.9 Å². The van der Waals surface area contributed by atoms with Crippen LogP contribution in [0.15, 0.2) is 54.6 Å². The molecular formula is C21H18N2. The van der Waals surface area contributed by atoms with Crippen molar-refractivity contribution in [1.29, 1.82) is 5.26 Å². The highest BCUT2D eigenvalue weighted by Crippen LogP contribution is 2.36. The molecule has 0 unspecified atom stereocenters. The average molecular weight is 298 g/mol. The molecule has 3 aromatic carbocycles. The molecule has 2 heteroatoms. The number of para-hydroxylation sites is 1. The molecule has 0 spiro atoms. The number of aryl methyl sites for hydroxylation is 1. The molecule has 0 aliphatic rings. The van der Waals surface area contributed by atoms with Crippen molar-refractivity contribution < 1.29 is 0 Å². The van der Waals surface area contributed by atoms with Gasteiger partial charge < -0.3 is 4.57 Å². The number of unbranched alkanes of at least 4 members (excludes halogenated alkanes) is 1. The maximum Gasteiger partial charge on any atom is 0.0999 e. The molecule has 112 valence electrons. The molecule has 2 nitrogen and oxygen atoms in total. The molecule has 4 aromatic rings. The number of hydrogen-bond acceptors (Lipinski definition) is 1. The van der Waals surface area contributed by atoms with Crippen LogP contribution >= 0.6 is 0 Å². The van der Waals surface area contributed by atoms with E-state index in [0.717, 1.165) is 35.7 Å². The highest BCUT2D eigenvalue weighted by molar-refractivity contribution is 6.19. The van der Waals surface area contributed by atoms with Crippen LogP contribution in [-0.2, 0) is 6.54 Å². The fraction of sp³-hybridized carbons (Fsp3) is 0.190. The third-order valence-corrected chi connectivity index (χ3v) is 4.61. The Labute approximate surface area is 135 Å². The number of aromatic nitrogens is 1. The topological polar surface area (TPSA) is 28.7 Å². The van der Waals surface area contributed by atoms with Crippen LogP contribution in [0.3, 0.4) is 0 Å². The summed E-state index contributed by atoms with van der Waals surface area (Å²) >= 11 is 0. The van der Waals surface area contributed by atoms with Gasteiger partial charge in [-0.2, -0.15) is 5.26 Å². The molecule has 1 heterocycles. The summed E-state index contributed by atoms with van der Waals surface area (Å²) in [4.78, 5) is 0. The highest BCUT2D eigenvalue weighted by Gasteiger charge is 2.16. The fourth-order valence-corrected chi connectivity index (χ4v) is 3.56. The molecular weight excluding hydrogens is 280 g/mol. The number of benzene rings is 3. The van der Waals surface area contributed by atoms with Gasteiger partial charge in [0.15, 0.2) is 0 Å². The molecule has 0 N–H and O–H groups in total. The van der Waals surface area contributed by atoms with Gasteiger partial charge in [0.05, 0.1) is 17.1 Å². The van der Waals surface area contributed by atoms with E-state index in [2.05, 4.69) is 60.0 Å². The number of rotatable bonds is 3. The van der Waals surface area contributed by atoms with Crippen LogP contribution in [0.1, 0.15) is 25.3 Å². The third kappa shape index (κ3) is 2.01. The van der Waals surface area contributed by atoms with E-state index >= 15 is 0 Å². The predicted molar refractivity (Wildman–Crippen MR) is 96.6 cm³/mol. The molecule has 1 aromatic heterocycles. The minimum atomic E-state index is 0.769. The lowest BCUT2D eigenvalue weighted by atomic mass is 10.0. The second-order valence-electron chi connectivity index (χ2n) is 6.00. The summed E-state index contributed by atoms with van der Waals surface area (Å²) in [5.41, 5.74) is 3.20. The Balaban J connectivity index is 2.27. The van der Waals surface area contributed by atoms with Crippen molar-refractivity contribution in [2.45, 2.75) is 26.3 Å². The smallest absolute Gasteiger partial charge is 0.0999 e. The van der Waals surface area contributed by atoms with Crippen LogP contribution in [0.5, 0.6) is 0 Å². The highest BCUT2D eigenvalue weighted by atomic mass is 15.0. The molecule has 0 radical (unpaired) electrons. The number of fused-ring (bicyclic) bond motifs is 5. The van der Waals surface area contributed by atoms with Gasteiger partial charge in [-0.1, -0.05) is 55.8 Å². The Morgan fingerprint density at radius 2 is 1.74 bits per heavy atom. The second-order valence-corrected chi connectivity index (χ2v) is 6.00. The first-order chi connectivity index (χ1) is 11.3. The Morgan fingerprint density at radius 3 is 2.52 bits per heavy atom. The predicted octanol–water partition coefficient (Wildman–Crippen LogP) is 5.62.